The van der Waals surface area contributed by atoms with Crippen LogP contribution in [-0.4, -0.2) is 30.3 Å². The Balaban J connectivity index is 1.67. The molecule has 0 aliphatic heterocycles. The van der Waals surface area contributed by atoms with Crippen LogP contribution in [0.15, 0.2) is 51.7 Å². The van der Waals surface area contributed by atoms with Crippen LogP contribution in [0.5, 0.6) is 0 Å². The van der Waals surface area contributed by atoms with E-state index in [-0.39, 0.29) is 16.7 Å². The molecule has 4 rings (SSSR count). The number of nitrogens with one attached hydrogen (secondary N) is 1. The number of aryl methyl sites for hydroxylation is 1. The highest BCUT2D eigenvalue weighted by Crippen LogP contribution is 2.25. The van der Waals surface area contributed by atoms with Gasteiger partial charge in [-0.1, -0.05) is 43.3 Å². The summed E-state index contributed by atoms with van der Waals surface area (Å²) in [6, 6.07) is 11.4. The highest BCUT2D eigenvalue weighted by Gasteiger charge is 2.21. The van der Waals surface area contributed by atoms with E-state index in [0.29, 0.717) is 29.4 Å². The van der Waals surface area contributed by atoms with Crippen molar-refractivity contribution in [3.8, 4) is 0 Å². The third kappa shape index (κ3) is 3.99. The maximum Gasteiger partial charge on any atom is 0.262 e. The lowest BCUT2D eigenvalue weighted by Crippen LogP contribution is -2.30. The minimum atomic E-state index is -0.354. The van der Waals surface area contributed by atoms with Crippen molar-refractivity contribution >= 4 is 45.7 Å². The fourth-order valence-electron chi connectivity index (χ4n) is 3.27. The van der Waals surface area contributed by atoms with Gasteiger partial charge in [0, 0.05) is 11.4 Å². The first-order valence-electron chi connectivity index (χ1n) is 9.93. The number of thiophene rings is 1. The van der Waals surface area contributed by atoms with E-state index < -0.39 is 0 Å². The summed E-state index contributed by atoms with van der Waals surface area (Å²) >= 11 is 2.96. The van der Waals surface area contributed by atoms with Crippen LogP contribution < -0.4 is 10.9 Å². The van der Waals surface area contributed by atoms with Gasteiger partial charge in [-0.15, -0.1) is 21.5 Å². The quantitative estimate of drug-likeness (QED) is 0.422. The van der Waals surface area contributed by atoms with Crippen molar-refractivity contribution in [2.24, 2.45) is 0 Å². The van der Waals surface area contributed by atoms with Gasteiger partial charge in [0.1, 0.15) is 0 Å². The molecular weight excluding hydrogens is 418 g/mol. The second-order valence-electron chi connectivity index (χ2n) is 7.00. The first-order chi connectivity index (χ1) is 14.6. The monoisotopic (exact) mass is 441 g/mol. The van der Waals surface area contributed by atoms with Crippen LogP contribution in [-0.2, 0) is 17.9 Å². The lowest BCUT2D eigenvalue weighted by molar-refractivity contribution is -0.120. The van der Waals surface area contributed by atoms with Gasteiger partial charge in [0.2, 0.25) is 11.7 Å². The van der Waals surface area contributed by atoms with Crippen LogP contribution in [0, 0.1) is 0 Å². The first kappa shape index (κ1) is 20.6. The Kier molecular flexibility index (Phi) is 6.19. The van der Waals surface area contributed by atoms with E-state index in [0.717, 1.165) is 23.2 Å². The smallest absolute Gasteiger partial charge is 0.262 e. The third-order valence-electron chi connectivity index (χ3n) is 4.88. The molecule has 0 fully saturated rings. The van der Waals surface area contributed by atoms with E-state index >= 15 is 0 Å². The van der Waals surface area contributed by atoms with Crippen molar-refractivity contribution in [1.29, 1.82) is 0 Å². The topological polar surface area (TPSA) is 81.3 Å². The zero-order valence-electron chi connectivity index (χ0n) is 16.9. The highest BCUT2D eigenvalue weighted by atomic mass is 32.2. The molecule has 0 saturated heterocycles. The number of amides is 1. The molecule has 156 valence electrons. The third-order valence-corrected chi connectivity index (χ3v) is 6.80. The normalized spacial score (nSPS) is 12.5. The average molecular weight is 442 g/mol. The van der Waals surface area contributed by atoms with Crippen molar-refractivity contribution in [3.05, 3.63) is 57.0 Å². The molecule has 0 aliphatic carbocycles. The largest absolute Gasteiger partial charge is 0.350 e. The molecule has 1 aromatic carbocycles. The van der Waals surface area contributed by atoms with Crippen LogP contribution in [0.3, 0.4) is 0 Å². The lowest BCUT2D eigenvalue weighted by atomic mass is 10.2. The Hall–Kier alpha value is -2.65. The minimum absolute atomic E-state index is 0.0581. The Morgan fingerprint density at radius 2 is 2.07 bits per heavy atom. The average Bonchev–Trinajstić information content (AvgIpc) is 3.42. The maximum atomic E-state index is 13.0. The van der Waals surface area contributed by atoms with Gasteiger partial charge in [-0.2, -0.15) is 0 Å². The fourth-order valence-corrected chi connectivity index (χ4v) is 4.79. The van der Waals surface area contributed by atoms with E-state index in [1.54, 1.807) is 15.9 Å². The summed E-state index contributed by atoms with van der Waals surface area (Å²) < 4.78 is 3.57. The van der Waals surface area contributed by atoms with E-state index in [2.05, 4.69) is 22.4 Å². The number of aromatic nitrogens is 4. The molecule has 4 aromatic rings. The summed E-state index contributed by atoms with van der Waals surface area (Å²) in [5.41, 5.74) is 0.696. The zero-order valence-corrected chi connectivity index (χ0v) is 18.5. The number of para-hydroxylation sites is 1. The molecule has 0 saturated carbocycles. The van der Waals surface area contributed by atoms with E-state index in [1.165, 1.54) is 11.8 Å². The second kappa shape index (κ2) is 9.01. The van der Waals surface area contributed by atoms with E-state index in [4.69, 9.17) is 0 Å². The fraction of sp³-hybridized carbons (Fsp3) is 0.333. The molecule has 0 radical (unpaired) electrons. The number of hydrogen-bond acceptors (Lipinski definition) is 6. The van der Waals surface area contributed by atoms with Gasteiger partial charge >= 0.3 is 0 Å². The maximum absolute atomic E-state index is 13.0. The molecule has 30 heavy (non-hydrogen) atoms. The van der Waals surface area contributed by atoms with Crippen molar-refractivity contribution in [3.63, 3.8) is 0 Å². The number of carbonyl (C=O) groups excluding carboxylic acids is 1. The Morgan fingerprint density at radius 1 is 1.23 bits per heavy atom. The molecule has 1 amide bonds. The molecule has 0 spiro atoms. The van der Waals surface area contributed by atoms with Gasteiger partial charge in [-0.05, 0) is 36.9 Å². The second-order valence-corrected chi connectivity index (χ2v) is 9.34. The molecule has 0 aliphatic rings. The molecule has 7 nitrogen and oxygen atoms in total. The molecule has 3 heterocycles. The minimum Gasteiger partial charge on any atom is -0.350 e. The van der Waals surface area contributed by atoms with Gasteiger partial charge < -0.3 is 5.32 Å². The molecule has 1 N–H and O–H groups in total. The van der Waals surface area contributed by atoms with E-state index in [9.17, 15) is 9.59 Å². The number of thioether (sulfide) groups is 1. The van der Waals surface area contributed by atoms with Gasteiger partial charge in [0.05, 0.1) is 22.7 Å². The summed E-state index contributed by atoms with van der Waals surface area (Å²) in [6.45, 7) is 5.04. The number of hydrogen-bond donors (Lipinski definition) is 1. The predicted molar refractivity (Wildman–Crippen MR) is 121 cm³/mol. The lowest BCUT2D eigenvalue weighted by Gasteiger charge is -2.13. The Morgan fingerprint density at radius 3 is 2.83 bits per heavy atom. The predicted octanol–water partition coefficient (Wildman–Crippen LogP) is 3.70. The van der Waals surface area contributed by atoms with Crippen molar-refractivity contribution in [1.82, 2.24) is 24.5 Å². The Bertz CT molecular complexity index is 1230. The molecule has 1 unspecified atom stereocenters. The number of unbranched alkanes of at least 4 members (excludes halogenated alkanes) is 1. The van der Waals surface area contributed by atoms with Crippen LogP contribution in [0.25, 0.3) is 16.7 Å². The molecule has 3 aromatic heterocycles. The number of benzene rings is 1. The summed E-state index contributed by atoms with van der Waals surface area (Å²) in [6.07, 6.45) is 1.85. The first-order valence-corrected chi connectivity index (χ1v) is 11.7. The standard InChI is InChI=1S/C21H23N5O2S2/c1-3-4-11-25-19(28)16-9-5-6-10-17(16)26-20(25)23-24-21(26)30-14(2)18(27)22-13-15-8-7-12-29-15/h5-10,12,14H,3-4,11,13H2,1-2H3,(H,22,27). The van der Waals surface area contributed by atoms with Gasteiger partial charge in [-0.3, -0.25) is 18.6 Å². The SMILES string of the molecule is CCCCn1c(=O)c2ccccc2n2c(SC(C)C(=O)NCc3cccs3)nnc12. The van der Waals surface area contributed by atoms with Crippen molar-refractivity contribution in [2.45, 2.75) is 50.2 Å². The number of carbonyl (C=O) groups is 1. The van der Waals surface area contributed by atoms with Crippen LogP contribution >= 0.6 is 23.1 Å². The van der Waals surface area contributed by atoms with Crippen molar-refractivity contribution in [2.75, 3.05) is 0 Å². The molecule has 9 heteroatoms. The summed E-state index contributed by atoms with van der Waals surface area (Å²) in [4.78, 5) is 26.7. The molecule has 1 atom stereocenters. The molecule has 0 bridgehead atoms. The van der Waals surface area contributed by atoms with Crippen LogP contribution in [0.2, 0.25) is 0 Å². The molecular formula is C21H23N5O2S2. The highest BCUT2D eigenvalue weighted by molar-refractivity contribution is 8.00. The summed E-state index contributed by atoms with van der Waals surface area (Å²) in [7, 11) is 0. The van der Waals surface area contributed by atoms with Gasteiger partial charge in [0.15, 0.2) is 5.16 Å². The van der Waals surface area contributed by atoms with Gasteiger partial charge in [-0.25, -0.2) is 0 Å². The number of fused-ring (bicyclic) bond motifs is 3. The van der Waals surface area contributed by atoms with Crippen molar-refractivity contribution < 1.29 is 4.79 Å². The number of nitrogens with zero attached hydrogens (tertiary/aromatic N) is 4. The summed E-state index contributed by atoms with van der Waals surface area (Å²) in [5.74, 6) is 0.453. The Labute approximate surface area is 182 Å². The summed E-state index contributed by atoms with van der Waals surface area (Å²) in [5, 5.41) is 14.5. The van der Waals surface area contributed by atoms with Crippen LogP contribution in [0.1, 0.15) is 31.6 Å². The van der Waals surface area contributed by atoms with Crippen LogP contribution in [0.4, 0.5) is 0 Å². The number of rotatable bonds is 8. The van der Waals surface area contributed by atoms with Gasteiger partial charge in [0.25, 0.3) is 5.56 Å². The van der Waals surface area contributed by atoms with E-state index in [1.807, 2.05) is 53.1 Å². The zero-order chi connectivity index (χ0) is 21.1.